The van der Waals surface area contributed by atoms with E-state index in [1.165, 1.54) is 19.3 Å². The summed E-state index contributed by atoms with van der Waals surface area (Å²) in [6.07, 6.45) is 3.90. The standard InChI is InChI=1S/C14H17NO2/c1-16-14-5-4-12(8-13(14)9-15)10-17-7-6-11-2-3-11/h4-5,8,11H,2-3,6-7,10H2,1H3. The quantitative estimate of drug-likeness (QED) is 0.707. The first-order valence-electron chi connectivity index (χ1n) is 5.98. The number of ether oxygens (including phenoxy) is 2. The van der Waals surface area contributed by atoms with Crippen LogP contribution in [0.4, 0.5) is 0 Å². The lowest BCUT2D eigenvalue weighted by Crippen LogP contribution is -1.97. The SMILES string of the molecule is COc1ccc(COCCC2CC2)cc1C#N. The van der Waals surface area contributed by atoms with Crippen LogP contribution >= 0.6 is 0 Å². The van der Waals surface area contributed by atoms with E-state index in [0.717, 1.165) is 18.1 Å². The van der Waals surface area contributed by atoms with Gasteiger partial charge in [-0.2, -0.15) is 5.26 Å². The zero-order chi connectivity index (χ0) is 12.1. The molecule has 2 rings (SSSR count). The number of hydrogen-bond donors (Lipinski definition) is 0. The van der Waals surface area contributed by atoms with Crippen molar-refractivity contribution in [1.82, 2.24) is 0 Å². The molecule has 3 heteroatoms. The van der Waals surface area contributed by atoms with Gasteiger partial charge in [0.05, 0.1) is 19.3 Å². The van der Waals surface area contributed by atoms with Crippen LogP contribution in [-0.4, -0.2) is 13.7 Å². The number of benzene rings is 1. The second kappa shape index (κ2) is 5.70. The molecule has 3 nitrogen and oxygen atoms in total. The number of nitriles is 1. The van der Waals surface area contributed by atoms with Crippen LogP contribution in [0.1, 0.15) is 30.4 Å². The van der Waals surface area contributed by atoms with Crippen molar-refractivity contribution in [2.75, 3.05) is 13.7 Å². The number of methoxy groups -OCH3 is 1. The van der Waals surface area contributed by atoms with Gasteiger partial charge in [-0.1, -0.05) is 18.9 Å². The van der Waals surface area contributed by atoms with E-state index in [0.29, 0.717) is 17.9 Å². The molecular formula is C14H17NO2. The van der Waals surface area contributed by atoms with E-state index in [9.17, 15) is 0 Å². The highest BCUT2D eigenvalue weighted by Crippen LogP contribution is 2.32. The summed E-state index contributed by atoms with van der Waals surface area (Å²) in [5, 5.41) is 8.96. The van der Waals surface area contributed by atoms with Crippen molar-refractivity contribution in [2.45, 2.75) is 25.9 Å². The molecule has 0 amide bonds. The van der Waals surface area contributed by atoms with E-state index >= 15 is 0 Å². The third-order valence-electron chi connectivity index (χ3n) is 3.02. The predicted octanol–water partition coefficient (Wildman–Crippen LogP) is 2.88. The summed E-state index contributed by atoms with van der Waals surface area (Å²) >= 11 is 0. The van der Waals surface area contributed by atoms with Gasteiger partial charge in [-0.25, -0.2) is 0 Å². The molecule has 1 fully saturated rings. The van der Waals surface area contributed by atoms with Gasteiger partial charge in [0, 0.05) is 6.61 Å². The second-order valence-electron chi connectivity index (χ2n) is 4.43. The van der Waals surface area contributed by atoms with E-state index in [-0.39, 0.29) is 0 Å². The van der Waals surface area contributed by atoms with E-state index < -0.39 is 0 Å². The molecule has 0 radical (unpaired) electrons. The van der Waals surface area contributed by atoms with Crippen molar-refractivity contribution in [3.63, 3.8) is 0 Å². The molecule has 0 aliphatic heterocycles. The van der Waals surface area contributed by atoms with Crippen LogP contribution in [0, 0.1) is 17.2 Å². The lowest BCUT2D eigenvalue weighted by Gasteiger charge is -2.06. The predicted molar refractivity (Wildman–Crippen MR) is 64.7 cm³/mol. The first-order chi connectivity index (χ1) is 8.33. The van der Waals surface area contributed by atoms with Crippen molar-refractivity contribution >= 4 is 0 Å². The van der Waals surface area contributed by atoms with Crippen LogP contribution in [0.2, 0.25) is 0 Å². The Hall–Kier alpha value is -1.53. The van der Waals surface area contributed by atoms with Gasteiger partial charge < -0.3 is 9.47 Å². The second-order valence-corrected chi connectivity index (χ2v) is 4.43. The molecule has 1 aromatic carbocycles. The molecule has 1 aliphatic rings. The summed E-state index contributed by atoms with van der Waals surface area (Å²) in [6, 6.07) is 7.71. The average molecular weight is 231 g/mol. The van der Waals surface area contributed by atoms with Crippen molar-refractivity contribution < 1.29 is 9.47 Å². The highest BCUT2D eigenvalue weighted by atomic mass is 16.5. The van der Waals surface area contributed by atoms with E-state index in [1.807, 2.05) is 18.2 Å². The Morgan fingerprint density at radius 1 is 1.41 bits per heavy atom. The molecule has 0 spiro atoms. The number of rotatable bonds is 6. The highest BCUT2D eigenvalue weighted by Gasteiger charge is 2.20. The maximum atomic E-state index is 8.96. The Balaban J connectivity index is 1.85. The van der Waals surface area contributed by atoms with Gasteiger partial charge in [0.15, 0.2) is 0 Å². The van der Waals surface area contributed by atoms with Crippen LogP contribution in [0.5, 0.6) is 5.75 Å². The fraction of sp³-hybridized carbons (Fsp3) is 0.500. The molecule has 0 aromatic heterocycles. The molecule has 1 saturated carbocycles. The third-order valence-corrected chi connectivity index (χ3v) is 3.02. The van der Waals surface area contributed by atoms with E-state index in [4.69, 9.17) is 14.7 Å². The minimum atomic E-state index is 0.566. The summed E-state index contributed by atoms with van der Waals surface area (Å²) in [6.45, 7) is 1.39. The van der Waals surface area contributed by atoms with E-state index in [2.05, 4.69) is 6.07 Å². The van der Waals surface area contributed by atoms with Crippen molar-refractivity contribution in [1.29, 1.82) is 5.26 Å². The molecule has 1 aromatic rings. The van der Waals surface area contributed by atoms with Gasteiger partial charge in [-0.15, -0.1) is 0 Å². The molecule has 0 saturated heterocycles. The number of nitrogens with zero attached hydrogens (tertiary/aromatic N) is 1. The summed E-state index contributed by atoms with van der Waals surface area (Å²) in [5.41, 5.74) is 1.59. The minimum absolute atomic E-state index is 0.566. The number of hydrogen-bond acceptors (Lipinski definition) is 3. The maximum Gasteiger partial charge on any atom is 0.136 e. The van der Waals surface area contributed by atoms with Gasteiger partial charge in [-0.05, 0) is 30.0 Å². The minimum Gasteiger partial charge on any atom is -0.495 e. The van der Waals surface area contributed by atoms with Gasteiger partial charge in [0.25, 0.3) is 0 Å². The third kappa shape index (κ3) is 3.47. The van der Waals surface area contributed by atoms with E-state index in [1.54, 1.807) is 7.11 Å². The van der Waals surface area contributed by atoms with Gasteiger partial charge in [-0.3, -0.25) is 0 Å². The average Bonchev–Trinajstić information content (AvgIpc) is 3.18. The zero-order valence-electron chi connectivity index (χ0n) is 10.1. The highest BCUT2D eigenvalue weighted by molar-refractivity contribution is 5.45. The monoisotopic (exact) mass is 231 g/mol. The molecule has 0 unspecified atom stereocenters. The van der Waals surface area contributed by atoms with Crippen LogP contribution in [-0.2, 0) is 11.3 Å². The smallest absolute Gasteiger partial charge is 0.136 e. The Kier molecular flexibility index (Phi) is 4.00. The molecule has 0 atom stereocenters. The molecule has 0 heterocycles. The molecule has 90 valence electrons. The lowest BCUT2D eigenvalue weighted by molar-refractivity contribution is 0.115. The van der Waals surface area contributed by atoms with Gasteiger partial charge >= 0.3 is 0 Å². The molecule has 0 bridgehead atoms. The van der Waals surface area contributed by atoms with Crippen LogP contribution < -0.4 is 4.74 Å². The van der Waals surface area contributed by atoms with Crippen molar-refractivity contribution in [3.05, 3.63) is 29.3 Å². The first-order valence-corrected chi connectivity index (χ1v) is 5.98. The first kappa shape index (κ1) is 11.9. The largest absolute Gasteiger partial charge is 0.495 e. The summed E-state index contributed by atoms with van der Waals surface area (Å²) in [4.78, 5) is 0. The Morgan fingerprint density at radius 3 is 2.88 bits per heavy atom. The maximum absolute atomic E-state index is 8.96. The fourth-order valence-corrected chi connectivity index (χ4v) is 1.78. The Morgan fingerprint density at radius 2 is 2.24 bits per heavy atom. The molecule has 17 heavy (non-hydrogen) atoms. The Bertz CT molecular complexity index is 419. The van der Waals surface area contributed by atoms with Crippen LogP contribution in [0.25, 0.3) is 0 Å². The molecule has 0 N–H and O–H groups in total. The summed E-state index contributed by atoms with van der Waals surface area (Å²) in [7, 11) is 1.57. The van der Waals surface area contributed by atoms with Crippen LogP contribution in [0.15, 0.2) is 18.2 Å². The molecular weight excluding hydrogens is 214 g/mol. The topological polar surface area (TPSA) is 42.2 Å². The zero-order valence-corrected chi connectivity index (χ0v) is 10.1. The van der Waals surface area contributed by atoms with Gasteiger partial charge in [0.1, 0.15) is 11.8 Å². The fourth-order valence-electron chi connectivity index (χ4n) is 1.78. The van der Waals surface area contributed by atoms with Crippen molar-refractivity contribution in [2.24, 2.45) is 5.92 Å². The molecule has 1 aliphatic carbocycles. The Labute approximate surface area is 102 Å². The van der Waals surface area contributed by atoms with Gasteiger partial charge in [0.2, 0.25) is 0 Å². The summed E-state index contributed by atoms with van der Waals surface area (Å²) < 4.78 is 10.7. The van der Waals surface area contributed by atoms with Crippen molar-refractivity contribution in [3.8, 4) is 11.8 Å². The lowest BCUT2D eigenvalue weighted by atomic mass is 10.1. The normalized spacial score (nSPS) is 14.4. The summed E-state index contributed by atoms with van der Waals surface area (Å²) in [5.74, 6) is 1.52. The van der Waals surface area contributed by atoms with Crippen LogP contribution in [0.3, 0.4) is 0 Å².